The Bertz CT molecular complexity index is 711. The topological polar surface area (TPSA) is 46.3 Å². The van der Waals surface area contributed by atoms with Crippen molar-refractivity contribution in [3.05, 3.63) is 40.9 Å². The van der Waals surface area contributed by atoms with Gasteiger partial charge in [0, 0.05) is 5.39 Å². The Morgan fingerprint density at radius 1 is 1.32 bits per heavy atom. The van der Waals surface area contributed by atoms with Gasteiger partial charge in [0.25, 0.3) is 0 Å². The Morgan fingerprint density at radius 3 is 3.05 bits per heavy atom. The van der Waals surface area contributed by atoms with Crippen LogP contribution in [0.5, 0.6) is 0 Å². The van der Waals surface area contributed by atoms with Crippen LogP contribution in [0.25, 0.3) is 21.7 Å². The molecular weight excluding hydrogens is 258 g/mol. The largest absolute Gasteiger partial charge is 0.454 e. The standard InChI is InChI=1S/C15H13NO2S/c17-11-6-3-5-10-14(11)19-15(16-10)13-8-9-4-1-2-7-12(9)18-13/h1-2,4,7-8,11,17H,3,5-6H2. The fourth-order valence-corrected chi connectivity index (χ4v) is 3.67. The van der Waals surface area contributed by atoms with Gasteiger partial charge in [-0.15, -0.1) is 11.3 Å². The molecule has 0 spiro atoms. The van der Waals surface area contributed by atoms with Gasteiger partial charge in [-0.25, -0.2) is 4.98 Å². The summed E-state index contributed by atoms with van der Waals surface area (Å²) >= 11 is 1.56. The van der Waals surface area contributed by atoms with E-state index < -0.39 is 0 Å². The third kappa shape index (κ3) is 1.79. The molecule has 19 heavy (non-hydrogen) atoms. The number of thiazole rings is 1. The summed E-state index contributed by atoms with van der Waals surface area (Å²) in [5.41, 5.74) is 1.92. The van der Waals surface area contributed by atoms with Gasteiger partial charge in [-0.3, -0.25) is 0 Å². The zero-order valence-electron chi connectivity index (χ0n) is 10.3. The van der Waals surface area contributed by atoms with Crippen molar-refractivity contribution in [2.45, 2.75) is 25.4 Å². The van der Waals surface area contributed by atoms with Gasteiger partial charge in [-0.05, 0) is 31.4 Å². The number of aliphatic hydroxyl groups is 1. The number of hydrogen-bond acceptors (Lipinski definition) is 4. The van der Waals surface area contributed by atoms with Crippen molar-refractivity contribution < 1.29 is 9.52 Å². The summed E-state index contributed by atoms with van der Waals surface area (Å²) in [5, 5.41) is 12.0. The third-order valence-corrected chi connectivity index (χ3v) is 4.77. The number of aryl methyl sites for hydroxylation is 1. The normalized spacial score (nSPS) is 18.7. The summed E-state index contributed by atoms with van der Waals surface area (Å²) in [5.74, 6) is 0.799. The molecule has 1 unspecified atom stereocenters. The van der Waals surface area contributed by atoms with Crippen LogP contribution >= 0.6 is 11.3 Å². The molecule has 96 valence electrons. The van der Waals surface area contributed by atoms with E-state index in [1.54, 1.807) is 11.3 Å². The molecule has 0 radical (unpaired) electrons. The summed E-state index contributed by atoms with van der Waals surface area (Å²) in [4.78, 5) is 5.65. The fourth-order valence-electron chi connectivity index (χ4n) is 2.59. The van der Waals surface area contributed by atoms with Crippen LogP contribution in [0.2, 0.25) is 0 Å². The number of hydrogen-bond donors (Lipinski definition) is 1. The molecule has 2 heterocycles. The molecule has 0 saturated heterocycles. The first-order chi connectivity index (χ1) is 9.31. The number of nitrogens with zero attached hydrogens (tertiary/aromatic N) is 1. The van der Waals surface area contributed by atoms with E-state index in [0.29, 0.717) is 0 Å². The number of fused-ring (bicyclic) bond motifs is 2. The van der Waals surface area contributed by atoms with E-state index in [2.05, 4.69) is 4.98 Å². The Balaban J connectivity index is 1.83. The number of furan rings is 1. The summed E-state index contributed by atoms with van der Waals surface area (Å²) in [6, 6.07) is 9.97. The molecule has 1 N–H and O–H groups in total. The van der Waals surface area contributed by atoms with Gasteiger partial charge < -0.3 is 9.52 Å². The first kappa shape index (κ1) is 11.2. The maximum Gasteiger partial charge on any atom is 0.164 e. The molecule has 4 rings (SSSR count). The Hall–Kier alpha value is -1.65. The highest BCUT2D eigenvalue weighted by molar-refractivity contribution is 7.15. The summed E-state index contributed by atoms with van der Waals surface area (Å²) in [6.07, 6.45) is 2.47. The molecule has 3 nitrogen and oxygen atoms in total. The molecule has 0 bridgehead atoms. The highest BCUT2D eigenvalue weighted by Crippen LogP contribution is 2.39. The average molecular weight is 271 g/mol. The lowest BCUT2D eigenvalue weighted by Gasteiger charge is -2.14. The second kappa shape index (κ2) is 4.18. The minimum Gasteiger partial charge on any atom is -0.454 e. The first-order valence-electron chi connectivity index (χ1n) is 6.48. The van der Waals surface area contributed by atoms with Gasteiger partial charge in [0.2, 0.25) is 0 Å². The maximum absolute atomic E-state index is 10.0. The smallest absolute Gasteiger partial charge is 0.164 e. The van der Waals surface area contributed by atoms with Gasteiger partial charge >= 0.3 is 0 Å². The number of benzene rings is 1. The lowest BCUT2D eigenvalue weighted by Crippen LogP contribution is -2.06. The van der Waals surface area contributed by atoms with E-state index in [1.807, 2.05) is 30.3 Å². The lowest BCUT2D eigenvalue weighted by atomic mass is 10.0. The van der Waals surface area contributed by atoms with Gasteiger partial charge in [0.15, 0.2) is 10.8 Å². The fraction of sp³-hybridized carbons (Fsp3) is 0.267. The van der Waals surface area contributed by atoms with Crippen LogP contribution in [-0.4, -0.2) is 10.1 Å². The molecule has 0 aliphatic heterocycles. The zero-order valence-corrected chi connectivity index (χ0v) is 11.1. The molecule has 4 heteroatoms. The van der Waals surface area contributed by atoms with Gasteiger partial charge in [0.1, 0.15) is 5.58 Å². The minimum atomic E-state index is -0.348. The minimum absolute atomic E-state index is 0.348. The van der Waals surface area contributed by atoms with Gasteiger partial charge in [-0.2, -0.15) is 0 Å². The van der Waals surface area contributed by atoms with Crippen LogP contribution in [-0.2, 0) is 6.42 Å². The van der Waals surface area contributed by atoms with Crippen LogP contribution in [0, 0.1) is 0 Å². The van der Waals surface area contributed by atoms with E-state index in [0.717, 1.165) is 51.6 Å². The van der Waals surface area contributed by atoms with E-state index in [4.69, 9.17) is 4.42 Å². The van der Waals surface area contributed by atoms with Crippen molar-refractivity contribution in [1.29, 1.82) is 0 Å². The quantitative estimate of drug-likeness (QED) is 0.729. The Kier molecular flexibility index (Phi) is 2.47. The molecule has 0 fully saturated rings. The van der Waals surface area contributed by atoms with Gasteiger partial charge in [-0.1, -0.05) is 18.2 Å². The van der Waals surface area contributed by atoms with E-state index in [-0.39, 0.29) is 6.10 Å². The molecule has 2 aromatic heterocycles. The summed E-state index contributed by atoms with van der Waals surface area (Å²) < 4.78 is 5.83. The molecule has 1 aliphatic rings. The maximum atomic E-state index is 10.0. The van der Waals surface area contributed by atoms with Crippen molar-refractivity contribution >= 4 is 22.3 Å². The molecule has 1 atom stereocenters. The van der Waals surface area contributed by atoms with Crippen molar-refractivity contribution in [3.8, 4) is 10.8 Å². The number of aromatic nitrogens is 1. The number of para-hydroxylation sites is 1. The van der Waals surface area contributed by atoms with E-state index >= 15 is 0 Å². The molecule has 0 amide bonds. The molecular formula is C15H13NO2S. The summed E-state index contributed by atoms with van der Waals surface area (Å²) in [7, 11) is 0. The van der Waals surface area contributed by atoms with Crippen LogP contribution in [0.1, 0.15) is 29.5 Å². The summed E-state index contributed by atoms with van der Waals surface area (Å²) in [6.45, 7) is 0. The van der Waals surface area contributed by atoms with E-state index in [1.165, 1.54) is 0 Å². The average Bonchev–Trinajstić information content (AvgIpc) is 3.02. The van der Waals surface area contributed by atoms with Crippen LogP contribution < -0.4 is 0 Å². The predicted molar refractivity (Wildman–Crippen MR) is 75.2 cm³/mol. The Labute approximate surface area is 114 Å². The number of aliphatic hydroxyl groups excluding tert-OH is 1. The zero-order chi connectivity index (χ0) is 12.8. The second-order valence-electron chi connectivity index (χ2n) is 4.89. The van der Waals surface area contributed by atoms with Crippen molar-refractivity contribution in [1.82, 2.24) is 4.98 Å². The molecule has 1 aliphatic carbocycles. The second-order valence-corrected chi connectivity index (χ2v) is 5.92. The van der Waals surface area contributed by atoms with E-state index in [9.17, 15) is 5.11 Å². The SMILES string of the molecule is OC1CCCc2nc(-c3cc4ccccc4o3)sc21. The van der Waals surface area contributed by atoms with Crippen LogP contribution in [0.3, 0.4) is 0 Å². The van der Waals surface area contributed by atoms with Crippen molar-refractivity contribution in [2.75, 3.05) is 0 Å². The van der Waals surface area contributed by atoms with Crippen LogP contribution in [0.15, 0.2) is 34.7 Å². The van der Waals surface area contributed by atoms with Crippen molar-refractivity contribution in [2.24, 2.45) is 0 Å². The molecule has 0 saturated carbocycles. The monoisotopic (exact) mass is 271 g/mol. The predicted octanol–water partition coefficient (Wildman–Crippen LogP) is 3.93. The van der Waals surface area contributed by atoms with Crippen LogP contribution in [0.4, 0.5) is 0 Å². The first-order valence-corrected chi connectivity index (χ1v) is 7.29. The third-order valence-electron chi connectivity index (χ3n) is 3.56. The van der Waals surface area contributed by atoms with Crippen molar-refractivity contribution in [3.63, 3.8) is 0 Å². The highest BCUT2D eigenvalue weighted by Gasteiger charge is 2.24. The number of rotatable bonds is 1. The van der Waals surface area contributed by atoms with Gasteiger partial charge in [0.05, 0.1) is 16.7 Å². The molecule has 3 aromatic rings. The Morgan fingerprint density at radius 2 is 2.21 bits per heavy atom. The molecule has 1 aromatic carbocycles. The lowest BCUT2D eigenvalue weighted by molar-refractivity contribution is 0.160. The highest BCUT2D eigenvalue weighted by atomic mass is 32.1.